The Hall–Kier alpha value is -2.07. The second-order valence-electron chi connectivity index (χ2n) is 4.69. The molecule has 0 saturated carbocycles. The van der Waals surface area contributed by atoms with Gasteiger partial charge in [-0.3, -0.25) is 4.79 Å². The SMILES string of the molecule is Cc1ccc(Cl)cc1NC(=O)CCNc1ccc(F)cc1. The fraction of sp³-hybridized carbons (Fsp3) is 0.188. The third-order valence-electron chi connectivity index (χ3n) is 3.00. The molecule has 21 heavy (non-hydrogen) atoms. The molecule has 5 heteroatoms. The molecule has 0 aromatic heterocycles. The monoisotopic (exact) mass is 306 g/mol. The molecule has 0 aliphatic rings. The Labute approximate surface area is 128 Å². The van der Waals surface area contributed by atoms with Crippen molar-refractivity contribution in [3.05, 3.63) is 58.9 Å². The summed E-state index contributed by atoms with van der Waals surface area (Å²) in [7, 11) is 0. The molecule has 1 amide bonds. The maximum Gasteiger partial charge on any atom is 0.226 e. The lowest BCUT2D eigenvalue weighted by Gasteiger charge is -2.10. The molecule has 0 atom stereocenters. The summed E-state index contributed by atoms with van der Waals surface area (Å²) in [5.74, 6) is -0.385. The number of amides is 1. The lowest BCUT2D eigenvalue weighted by Crippen LogP contribution is -2.16. The second-order valence-corrected chi connectivity index (χ2v) is 5.13. The first kappa shape index (κ1) is 15.3. The number of halogens is 2. The lowest BCUT2D eigenvalue weighted by atomic mass is 10.2. The number of benzene rings is 2. The zero-order valence-electron chi connectivity index (χ0n) is 11.6. The van der Waals surface area contributed by atoms with Crippen LogP contribution in [0.3, 0.4) is 0 Å². The van der Waals surface area contributed by atoms with Crippen molar-refractivity contribution < 1.29 is 9.18 Å². The normalized spacial score (nSPS) is 10.2. The number of anilines is 2. The fourth-order valence-corrected chi connectivity index (χ4v) is 2.00. The van der Waals surface area contributed by atoms with Crippen molar-refractivity contribution in [1.29, 1.82) is 0 Å². The molecule has 0 unspecified atom stereocenters. The standard InChI is InChI=1S/C16H16ClFN2O/c1-11-2-3-12(17)10-15(11)20-16(21)8-9-19-14-6-4-13(18)5-7-14/h2-7,10,19H,8-9H2,1H3,(H,20,21). The van der Waals surface area contributed by atoms with E-state index >= 15 is 0 Å². The van der Waals surface area contributed by atoms with Crippen molar-refractivity contribution in [3.8, 4) is 0 Å². The van der Waals surface area contributed by atoms with Crippen LogP contribution < -0.4 is 10.6 Å². The molecule has 0 spiro atoms. The highest BCUT2D eigenvalue weighted by atomic mass is 35.5. The number of rotatable bonds is 5. The zero-order chi connectivity index (χ0) is 15.2. The van der Waals surface area contributed by atoms with Crippen molar-refractivity contribution in [3.63, 3.8) is 0 Å². The molecule has 2 N–H and O–H groups in total. The third kappa shape index (κ3) is 4.76. The number of aryl methyl sites for hydroxylation is 1. The van der Waals surface area contributed by atoms with Gasteiger partial charge in [0.25, 0.3) is 0 Å². The number of hydrogen-bond donors (Lipinski definition) is 2. The van der Waals surface area contributed by atoms with Crippen molar-refractivity contribution in [2.24, 2.45) is 0 Å². The smallest absolute Gasteiger partial charge is 0.226 e. The Bertz CT molecular complexity index is 629. The first-order chi connectivity index (χ1) is 10.0. The molecule has 0 bridgehead atoms. The zero-order valence-corrected chi connectivity index (χ0v) is 12.4. The average Bonchev–Trinajstić information content (AvgIpc) is 2.45. The predicted molar refractivity (Wildman–Crippen MR) is 84.3 cm³/mol. The molecule has 110 valence electrons. The van der Waals surface area contributed by atoms with E-state index in [2.05, 4.69) is 10.6 Å². The van der Waals surface area contributed by atoms with E-state index < -0.39 is 0 Å². The van der Waals surface area contributed by atoms with Gasteiger partial charge in [-0.05, 0) is 48.9 Å². The summed E-state index contributed by atoms with van der Waals surface area (Å²) < 4.78 is 12.7. The van der Waals surface area contributed by atoms with E-state index in [1.807, 2.05) is 13.0 Å². The molecule has 0 aliphatic carbocycles. The van der Waals surface area contributed by atoms with Gasteiger partial charge in [0, 0.05) is 29.4 Å². The van der Waals surface area contributed by atoms with E-state index in [1.54, 1.807) is 24.3 Å². The summed E-state index contributed by atoms with van der Waals surface area (Å²) in [6.45, 7) is 2.37. The highest BCUT2D eigenvalue weighted by Crippen LogP contribution is 2.20. The molecule has 0 radical (unpaired) electrons. The van der Waals surface area contributed by atoms with E-state index in [-0.39, 0.29) is 11.7 Å². The Morgan fingerprint density at radius 1 is 1.19 bits per heavy atom. The lowest BCUT2D eigenvalue weighted by molar-refractivity contribution is -0.115. The molecular weight excluding hydrogens is 291 g/mol. The first-order valence-corrected chi connectivity index (χ1v) is 6.98. The average molecular weight is 307 g/mol. The highest BCUT2D eigenvalue weighted by molar-refractivity contribution is 6.31. The van der Waals surface area contributed by atoms with Crippen LogP contribution >= 0.6 is 11.6 Å². The molecule has 0 saturated heterocycles. The van der Waals surface area contributed by atoms with Gasteiger partial charge in [0.1, 0.15) is 5.82 Å². The van der Waals surface area contributed by atoms with Gasteiger partial charge in [-0.1, -0.05) is 17.7 Å². The maximum atomic E-state index is 12.7. The van der Waals surface area contributed by atoms with Crippen LogP contribution in [0.25, 0.3) is 0 Å². The van der Waals surface area contributed by atoms with E-state index in [4.69, 9.17) is 11.6 Å². The van der Waals surface area contributed by atoms with Crippen LogP contribution in [0.1, 0.15) is 12.0 Å². The predicted octanol–water partition coefficient (Wildman–Crippen LogP) is 4.23. The summed E-state index contributed by atoms with van der Waals surface area (Å²) in [4.78, 5) is 11.9. The Kier molecular flexibility index (Phi) is 5.17. The van der Waals surface area contributed by atoms with Crippen molar-refractivity contribution in [2.75, 3.05) is 17.2 Å². The minimum atomic E-state index is -0.283. The van der Waals surface area contributed by atoms with Crippen molar-refractivity contribution >= 4 is 28.9 Å². The minimum Gasteiger partial charge on any atom is -0.385 e. The minimum absolute atomic E-state index is 0.102. The summed E-state index contributed by atoms with van der Waals surface area (Å²) >= 11 is 5.90. The molecule has 0 aliphatic heterocycles. The number of carbonyl (C=O) groups is 1. The van der Waals surface area contributed by atoms with Gasteiger partial charge in [0.05, 0.1) is 0 Å². The summed E-state index contributed by atoms with van der Waals surface area (Å²) in [5.41, 5.74) is 2.46. The molecule has 0 heterocycles. The Morgan fingerprint density at radius 3 is 2.62 bits per heavy atom. The van der Waals surface area contributed by atoms with E-state index in [1.165, 1.54) is 12.1 Å². The fourth-order valence-electron chi connectivity index (χ4n) is 1.83. The third-order valence-corrected chi connectivity index (χ3v) is 3.23. The highest BCUT2D eigenvalue weighted by Gasteiger charge is 2.05. The van der Waals surface area contributed by atoms with Crippen molar-refractivity contribution in [1.82, 2.24) is 0 Å². The van der Waals surface area contributed by atoms with Crippen LogP contribution in [-0.4, -0.2) is 12.5 Å². The van der Waals surface area contributed by atoms with Gasteiger partial charge in [-0.2, -0.15) is 0 Å². The van der Waals surface area contributed by atoms with E-state index in [9.17, 15) is 9.18 Å². The number of carbonyl (C=O) groups excluding carboxylic acids is 1. The summed E-state index contributed by atoms with van der Waals surface area (Å²) in [6.07, 6.45) is 0.309. The van der Waals surface area contributed by atoms with E-state index in [0.29, 0.717) is 23.7 Å². The van der Waals surface area contributed by atoms with Crippen LogP contribution in [-0.2, 0) is 4.79 Å². The van der Waals surface area contributed by atoms with Gasteiger partial charge >= 0.3 is 0 Å². The van der Waals surface area contributed by atoms with Crippen LogP contribution in [0.4, 0.5) is 15.8 Å². The van der Waals surface area contributed by atoms with Gasteiger partial charge in [-0.25, -0.2) is 4.39 Å². The number of hydrogen-bond acceptors (Lipinski definition) is 2. The largest absolute Gasteiger partial charge is 0.385 e. The summed E-state index contributed by atoms with van der Waals surface area (Å²) in [5, 5.41) is 6.47. The van der Waals surface area contributed by atoms with Crippen LogP contribution in [0.5, 0.6) is 0 Å². The van der Waals surface area contributed by atoms with E-state index in [0.717, 1.165) is 11.3 Å². The molecule has 2 rings (SSSR count). The molecule has 2 aromatic rings. The topological polar surface area (TPSA) is 41.1 Å². The number of nitrogens with one attached hydrogen (secondary N) is 2. The van der Waals surface area contributed by atoms with Gasteiger partial charge in [-0.15, -0.1) is 0 Å². The quantitative estimate of drug-likeness (QED) is 0.868. The van der Waals surface area contributed by atoms with Gasteiger partial charge in [0.15, 0.2) is 0 Å². The molecule has 2 aromatic carbocycles. The van der Waals surface area contributed by atoms with Crippen LogP contribution in [0, 0.1) is 12.7 Å². The van der Waals surface area contributed by atoms with Gasteiger partial charge in [0.2, 0.25) is 5.91 Å². The molecule has 3 nitrogen and oxygen atoms in total. The second kappa shape index (κ2) is 7.09. The van der Waals surface area contributed by atoms with Crippen LogP contribution in [0.2, 0.25) is 5.02 Å². The summed E-state index contributed by atoms with van der Waals surface area (Å²) in [6, 6.07) is 11.4. The van der Waals surface area contributed by atoms with Crippen molar-refractivity contribution in [2.45, 2.75) is 13.3 Å². The van der Waals surface area contributed by atoms with Gasteiger partial charge < -0.3 is 10.6 Å². The molecular formula is C16H16ClFN2O. The Balaban J connectivity index is 1.82. The maximum absolute atomic E-state index is 12.7. The Morgan fingerprint density at radius 2 is 1.90 bits per heavy atom. The van der Waals surface area contributed by atoms with Crippen LogP contribution in [0.15, 0.2) is 42.5 Å². The molecule has 0 fully saturated rings. The first-order valence-electron chi connectivity index (χ1n) is 6.60.